The first kappa shape index (κ1) is 13.7. The van der Waals surface area contributed by atoms with Gasteiger partial charge < -0.3 is 10.4 Å². The maximum atomic E-state index is 9.79. The Kier molecular flexibility index (Phi) is 4.90. The molecule has 1 fully saturated rings. The van der Waals surface area contributed by atoms with Crippen molar-refractivity contribution in [2.75, 3.05) is 0 Å². The Labute approximate surface area is 114 Å². The first-order valence-corrected chi connectivity index (χ1v) is 7.28. The number of phenolic OH excluding ortho intramolecular Hbond substituents is 1. The second-order valence-corrected chi connectivity index (χ2v) is 5.66. The molecule has 2 rings (SSSR count). The Morgan fingerprint density at radius 2 is 2.22 bits per heavy atom. The van der Waals surface area contributed by atoms with Crippen molar-refractivity contribution < 1.29 is 5.11 Å². The Morgan fingerprint density at radius 3 is 2.94 bits per heavy atom. The SMILES string of the molecule is CCC1CCCC(NCc2c(O)cccc2Cl)C1. The molecular weight excluding hydrogens is 246 g/mol. The normalized spacial score (nSPS) is 24.1. The summed E-state index contributed by atoms with van der Waals surface area (Å²) in [5.41, 5.74) is 0.817. The van der Waals surface area contributed by atoms with Gasteiger partial charge in [0.25, 0.3) is 0 Å². The van der Waals surface area contributed by atoms with E-state index in [4.69, 9.17) is 11.6 Å². The molecule has 1 saturated carbocycles. The molecule has 0 radical (unpaired) electrons. The fraction of sp³-hybridized carbons (Fsp3) is 0.600. The van der Waals surface area contributed by atoms with Gasteiger partial charge in [0, 0.05) is 23.2 Å². The number of aromatic hydroxyl groups is 1. The van der Waals surface area contributed by atoms with Crippen LogP contribution in [0.2, 0.25) is 5.02 Å². The van der Waals surface area contributed by atoms with Crippen molar-refractivity contribution in [3.8, 4) is 5.75 Å². The average molecular weight is 268 g/mol. The molecule has 0 heterocycles. The van der Waals surface area contributed by atoms with Gasteiger partial charge in [0.1, 0.15) is 5.75 Å². The number of hydrogen-bond donors (Lipinski definition) is 2. The molecule has 3 heteroatoms. The highest BCUT2D eigenvalue weighted by molar-refractivity contribution is 6.31. The minimum Gasteiger partial charge on any atom is -0.508 e. The highest BCUT2D eigenvalue weighted by Gasteiger charge is 2.20. The van der Waals surface area contributed by atoms with Crippen molar-refractivity contribution in [3.63, 3.8) is 0 Å². The van der Waals surface area contributed by atoms with Crippen molar-refractivity contribution in [3.05, 3.63) is 28.8 Å². The summed E-state index contributed by atoms with van der Waals surface area (Å²) < 4.78 is 0. The van der Waals surface area contributed by atoms with Gasteiger partial charge in [-0.05, 0) is 30.9 Å². The van der Waals surface area contributed by atoms with E-state index in [0.717, 1.165) is 11.5 Å². The first-order chi connectivity index (χ1) is 8.70. The number of nitrogens with one attached hydrogen (secondary N) is 1. The summed E-state index contributed by atoms with van der Waals surface area (Å²) >= 11 is 6.10. The molecular formula is C15H22ClNO. The van der Waals surface area contributed by atoms with E-state index in [9.17, 15) is 5.11 Å². The molecule has 2 unspecified atom stereocenters. The van der Waals surface area contributed by atoms with Crippen molar-refractivity contribution in [1.82, 2.24) is 5.32 Å². The van der Waals surface area contributed by atoms with Crippen molar-refractivity contribution >= 4 is 11.6 Å². The van der Waals surface area contributed by atoms with E-state index in [1.54, 1.807) is 12.1 Å². The zero-order chi connectivity index (χ0) is 13.0. The van der Waals surface area contributed by atoms with Crippen LogP contribution in [0.15, 0.2) is 18.2 Å². The number of benzene rings is 1. The van der Waals surface area contributed by atoms with Crippen LogP contribution >= 0.6 is 11.6 Å². The summed E-state index contributed by atoms with van der Waals surface area (Å²) in [4.78, 5) is 0. The van der Waals surface area contributed by atoms with Crippen LogP contribution in [-0.4, -0.2) is 11.1 Å². The number of halogens is 1. The summed E-state index contributed by atoms with van der Waals surface area (Å²) in [5.74, 6) is 1.15. The number of phenols is 1. The lowest BCUT2D eigenvalue weighted by Gasteiger charge is -2.29. The fourth-order valence-electron chi connectivity index (χ4n) is 2.82. The van der Waals surface area contributed by atoms with E-state index in [1.807, 2.05) is 6.07 Å². The maximum Gasteiger partial charge on any atom is 0.121 e. The van der Waals surface area contributed by atoms with Crippen LogP contribution < -0.4 is 5.32 Å². The lowest BCUT2D eigenvalue weighted by atomic mass is 9.84. The zero-order valence-corrected chi connectivity index (χ0v) is 11.7. The van der Waals surface area contributed by atoms with Crippen LogP contribution in [0, 0.1) is 5.92 Å². The van der Waals surface area contributed by atoms with Gasteiger partial charge in [-0.1, -0.05) is 43.9 Å². The largest absolute Gasteiger partial charge is 0.508 e. The molecule has 18 heavy (non-hydrogen) atoms. The molecule has 1 aromatic rings. The summed E-state index contributed by atoms with van der Waals surface area (Å²) in [6.07, 6.45) is 6.44. The van der Waals surface area contributed by atoms with E-state index >= 15 is 0 Å². The van der Waals surface area contributed by atoms with Gasteiger partial charge in [-0.2, -0.15) is 0 Å². The molecule has 0 aliphatic heterocycles. The number of rotatable bonds is 4. The van der Waals surface area contributed by atoms with Gasteiger partial charge >= 0.3 is 0 Å². The zero-order valence-electron chi connectivity index (χ0n) is 11.0. The predicted octanol–water partition coefficient (Wildman–Crippen LogP) is 4.10. The third kappa shape index (κ3) is 3.39. The molecule has 0 aromatic heterocycles. The van der Waals surface area contributed by atoms with E-state index in [1.165, 1.54) is 32.1 Å². The summed E-state index contributed by atoms with van der Waals surface area (Å²) in [7, 11) is 0. The minimum atomic E-state index is 0.290. The van der Waals surface area contributed by atoms with Gasteiger partial charge in [0.05, 0.1) is 0 Å². The molecule has 0 spiro atoms. The van der Waals surface area contributed by atoms with Crippen LogP contribution in [0.3, 0.4) is 0 Å². The Balaban J connectivity index is 1.91. The molecule has 0 saturated heterocycles. The summed E-state index contributed by atoms with van der Waals surface area (Å²) in [6.45, 7) is 2.93. The molecule has 2 N–H and O–H groups in total. The summed E-state index contributed by atoms with van der Waals surface area (Å²) in [5, 5.41) is 14.0. The highest BCUT2D eigenvalue weighted by atomic mass is 35.5. The van der Waals surface area contributed by atoms with E-state index in [0.29, 0.717) is 17.6 Å². The lowest BCUT2D eigenvalue weighted by Crippen LogP contribution is -2.33. The third-order valence-corrected chi connectivity index (χ3v) is 4.38. The van der Waals surface area contributed by atoms with Crippen LogP contribution in [0.1, 0.15) is 44.6 Å². The van der Waals surface area contributed by atoms with Gasteiger partial charge in [-0.25, -0.2) is 0 Å². The molecule has 0 bridgehead atoms. The Morgan fingerprint density at radius 1 is 1.39 bits per heavy atom. The average Bonchev–Trinajstić information content (AvgIpc) is 2.38. The molecule has 2 nitrogen and oxygen atoms in total. The molecule has 0 amide bonds. The standard InChI is InChI=1S/C15H22ClNO/c1-2-11-5-3-6-12(9-11)17-10-13-14(16)7-4-8-15(13)18/h4,7-8,11-12,17-18H,2-3,5-6,9-10H2,1H3. The maximum absolute atomic E-state index is 9.79. The monoisotopic (exact) mass is 267 g/mol. The quantitative estimate of drug-likeness (QED) is 0.861. The number of hydrogen-bond acceptors (Lipinski definition) is 2. The first-order valence-electron chi connectivity index (χ1n) is 6.90. The topological polar surface area (TPSA) is 32.3 Å². The van der Waals surface area contributed by atoms with E-state index in [2.05, 4.69) is 12.2 Å². The van der Waals surface area contributed by atoms with Crippen molar-refractivity contribution in [2.45, 2.75) is 51.6 Å². The molecule has 2 atom stereocenters. The van der Waals surface area contributed by atoms with Crippen LogP contribution in [0.4, 0.5) is 0 Å². The second-order valence-electron chi connectivity index (χ2n) is 5.26. The van der Waals surface area contributed by atoms with E-state index in [-0.39, 0.29) is 5.75 Å². The van der Waals surface area contributed by atoms with Gasteiger partial charge in [0.2, 0.25) is 0 Å². The smallest absolute Gasteiger partial charge is 0.121 e. The Hall–Kier alpha value is -0.730. The van der Waals surface area contributed by atoms with Crippen LogP contribution in [-0.2, 0) is 6.54 Å². The summed E-state index contributed by atoms with van der Waals surface area (Å²) in [6, 6.07) is 5.86. The molecule has 1 aliphatic carbocycles. The third-order valence-electron chi connectivity index (χ3n) is 4.02. The molecule has 100 valence electrons. The van der Waals surface area contributed by atoms with Crippen molar-refractivity contribution in [1.29, 1.82) is 0 Å². The Bertz CT molecular complexity index is 374. The predicted molar refractivity (Wildman–Crippen MR) is 76.0 cm³/mol. The fourth-order valence-corrected chi connectivity index (χ4v) is 3.05. The van der Waals surface area contributed by atoms with Gasteiger partial charge in [0.15, 0.2) is 0 Å². The molecule has 1 aliphatic rings. The highest BCUT2D eigenvalue weighted by Crippen LogP contribution is 2.28. The van der Waals surface area contributed by atoms with Crippen LogP contribution in [0.25, 0.3) is 0 Å². The van der Waals surface area contributed by atoms with E-state index < -0.39 is 0 Å². The van der Waals surface area contributed by atoms with Gasteiger partial charge in [-0.3, -0.25) is 0 Å². The van der Waals surface area contributed by atoms with Gasteiger partial charge in [-0.15, -0.1) is 0 Å². The second kappa shape index (κ2) is 6.44. The minimum absolute atomic E-state index is 0.290. The van der Waals surface area contributed by atoms with Crippen molar-refractivity contribution in [2.24, 2.45) is 5.92 Å². The molecule has 1 aromatic carbocycles. The lowest BCUT2D eigenvalue weighted by molar-refractivity contribution is 0.277. The van der Waals surface area contributed by atoms with Crippen LogP contribution in [0.5, 0.6) is 5.75 Å².